The number of aromatic amines is 1. The first kappa shape index (κ1) is 10.4. The van der Waals surface area contributed by atoms with Crippen LogP contribution >= 0.6 is 15.9 Å². The van der Waals surface area contributed by atoms with E-state index in [1.807, 2.05) is 0 Å². The quantitative estimate of drug-likeness (QED) is 0.914. The number of nitrogens with zero attached hydrogens (tertiary/aromatic N) is 1. The maximum Gasteiger partial charge on any atom is 0.280 e. The van der Waals surface area contributed by atoms with Crippen LogP contribution < -0.4 is 4.74 Å². The van der Waals surface area contributed by atoms with E-state index in [2.05, 4.69) is 26.1 Å². The summed E-state index contributed by atoms with van der Waals surface area (Å²) in [7, 11) is 1.51. The number of hydrogen-bond donors (Lipinski definition) is 1. The number of hydrogen-bond acceptors (Lipinski definition) is 2. The number of halogens is 3. The van der Waals surface area contributed by atoms with Gasteiger partial charge in [0, 0.05) is 11.5 Å². The Morgan fingerprint density at radius 2 is 2.20 bits per heavy atom. The molecule has 1 heterocycles. The van der Waals surface area contributed by atoms with E-state index < -0.39 is 6.43 Å². The molecule has 0 aliphatic carbocycles. The Bertz CT molecular complexity index is 498. The minimum absolute atomic E-state index is 0.173. The van der Waals surface area contributed by atoms with Gasteiger partial charge in [-0.25, -0.2) is 8.78 Å². The van der Waals surface area contributed by atoms with E-state index in [-0.39, 0.29) is 5.69 Å². The lowest BCUT2D eigenvalue weighted by Crippen LogP contribution is -1.86. The van der Waals surface area contributed by atoms with Crippen molar-refractivity contribution in [3.05, 3.63) is 22.3 Å². The van der Waals surface area contributed by atoms with Crippen LogP contribution in [0.3, 0.4) is 0 Å². The normalized spacial score (nSPS) is 11.3. The Morgan fingerprint density at radius 1 is 1.47 bits per heavy atom. The highest BCUT2D eigenvalue weighted by molar-refractivity contribution is 9.10. The summed E-state index contributed by atoms with van der Waals surface area (Å²) < 4.78 is 30.7. The third-order valence-corrected chi connectivity index (χ3v) is 2.70. The van der Waals surface area contributed by atoms with Crippen LogP contribution in [0, 0.1) is 0 Å². The summed E-state index contributed by atoms with van der Waals surface area (Å²) >= 11 is 3.23. The fourth-order valence-electron chi connectivity index (χ4n) is 1.35. The highest BCUT2D eigenvalue weighted by Crippen LogP contribution is 2.33. The average Bonchev–Trinajstić information content (AvgIpc) is 2.59. The van der Waals surface area contributed by atoms with Gasteiger partial charge in [0.1, 0.15) is 11.4 Å². The monoisotopic (exact) mass is 276 g/mol. The summed E-state index contributed by atoms with van der Waals surface area (Å²) in [6.07, 6.45) is -2.56. The summed E-state index contributed by atoms with van der Waals surface area (Å²) in [4.78, 5) is 0. The predicted molar refractivity (Wildman–Crippen MR) is 55.3 cm³/mol. The smallest absolute Gasteiger partial charge is 0.280 e. The first-order valence-electron chi connectivity index (χ1n) is 4.13. The first-order valence-corrected chi connectivity index (χ1v) is 4.92. The van der Waals surface area contributed by atoms with Crippen LogP contribution in [0.2, 0.25) is 0 Å². The Balaban J connectivity index is 2.68. The van der Waals surface area contributed by atoms with Gasteiger partial charge in [0.2, 0.25) is 0 Å². The van der Waals surface area contributed by atoms with E-state index in [0.717, 1.165) is 0 Å². The van der Waals surface area contributed by atoms with E-state index in [1.54, 1.807) is 12.1 Å². The van der Waals surface area contributed by atoms with Gasteiger partial charge >= 0.3 is 0 Å². The number of nitrogens with one attached hydrogen (secondary N) is 1. The third-order valence-electron chi connectivity index (χ3n) is 2.08. The predicted octanol–water partition coefficient (Wildman–Crippen LogP) is 3.27. The summed E-state index contributed by atoms with van der Waals surface area (Å²) in [6.45, 7) is 0. The van der Waals surface area contributed by atoms with Crippen molar-refractivity contribution < 1.29 is 13.5 Å². The molecule has 2 aromatic rings. The summed E-state index contributed by atoms with van der Waals surface area (Å²) in [5.41, 5.74) is 0.290. The van der Waals surface area contributed by atoms with Gasteiger partial charge in [0.05, 0.1) is 17.1 Å². The maximum absolute atomic E-state index is 12.5. The van der Waals surface area contributed by atoms with Gasteiger partial charge in [-0.15, -0.1) is 0 Å². The number of benzene rings is 1. The van der Waals surface area contributed by atoms with Crippen LogP contribution in [0.1, 0.15) is 12.1 Å². The van der Waals surface area contributed by atoms with Crippen LogP contribution in [0.4, 0.5) is 8.78 Å². The molecule has 0 bridgehead atoms. The zero-order valence-electron chi connectivity index (χ0n) is 7.72. The second kappa shape index (κ2) is 3.77. The SMILES string of the molecule is COc1cc2n[nH]c(C(F)F)c2cc1Br. The van der Waals surface area contributed by atoms with Crippen LogP contribution in [0.15, 0.2) is 16.6 Å². The van der Waals surface area contributed by atoms with Crippen LogP contribution in [-0.4, -0.2) is 17.3 Å². The fraction of sp³-hybridized carbons (Fsp3) is 0.222. The van der Waals surface area contributed by atoms with Crippen molar-refractivity contribution in [2.24, 2.45) is 0 Å². The average molecular weight is 277 g/mol. The molecule has 15 heavy (non-hydrogen) atoms. The maximum atomic E-state index is 12.5. The highest BCUT2D eigenvalue weighted by atomic mass is 79.9. The largest absolute Gasteiger partial charge is 0.495 e. The molecule has 0 fully saturated rings. The van der Waals surface area contributed by atoms with Crippen molar-refractivity contribution in [1.82, 2.24) is 10.2 Å². The molecule has 0 saturated carbocycles. The van der Waals surface area contributed by atoms with Gasteiger partial charge in [0.25, 0.3) is 6.43 Å². The highest BCUT2D eigenvalue weighted by Gasteiger charge is 2.16. The Labute approximate surface area is 92.6 Å². The molecule has 2 rings (SSSR count). The summed E-state index contributed by atoms with van der Waals surface area (Å²) in [5, 5.41) is 6.50. The van der Waals surface area contributed by atoms with E-state index in [1.165, 1.54) is 7.11 Å². The summed E-state index contributed by atoms with van der Waals surface area (Å²) in [5.74, 6) is 0.565. The van der Waals surface area contributed by atoms with Gasteiger partial charge in [-0.1, -0.05) is 0 Å². The van der Waals surface area contributed by atoms with Crippen molar-refractivity contribution >= 4 is 26.8 Å². The van der Waals surface area contributed by atoms with Crippen molar-refractivity contribution in [3.63, 3.8) is 0 Å². The lowest BCUT2D eigenvalue weighted by molar-refractivity contribution is 0.147. The number of aromatic nitrogens is 2. The van der Waals surface area contributed by atoms with Crippen molar-refractivity contribution in [3.8, 4) is 5.75 Å². The molecular formula is C9H7BrF2N2O. The van der Waals surface area contributed by atoms with Crippen molar-refractivity contribution in [1.29, 1.82) is 0 Å². The number of rotatable bonds is 2. The first-order chi connectivity index (χ1) is 7.13. The lowest BCUT2D eigenvalue weighted by atomic mass is 10.2. The van der Waals surface area contributed by atoms with Gasteiger partial charge in [-0.3, -0.25) is 5.10 Å². The molecule has 0 radical (unpaired) electrons. The molecule has 0 amide bonds. The lowest BCUT2D eigenvalue weighted by Gasteiger charge is -2.02. The zero-order chi connectivity index (χ0) is 11.0. The minimum atomic E-state index is -2.56. The molecule has 0 spiro atoms. The van der Waals surface area contributed by atoms with E-state index in [4.69, 9.17) is 4.74 Å². The second-order valence-corrected chi connectivity index (χ2v) is 3.80. The Hall–Kier alpha value is -1.17. The van der Waals surface area contributed by atoms with Crippen molar-refractivity contribution in [2.75, 3.05) is 7.11 Å². The molecule has 0 aliphatic heterocycles. The number of H-pyrrole nitrogens is 1. The zero-order valence-corrected chi connectivity index (χ0v) is 9.31. The van der Waals surface area contributed by atoms with Crippen LogP contribution in [0.25, 0.3) is 10.9 Å². The number of fused-ring (bicyclic) bond motifs is 1. The minimum Gasteiger partial charge on any atom is -0.495 e. The number of methoxy groups -OCH3 is 1. The van der Waals surface area contributed by atoms with Crippen LogP contribution in [-0.2, 0) is 0 Å². The molecule has 1 N–H and O–H groups in total. The number of alkyl halides is 2. The van der Waals surface area contributed by atoms with Gasteiger partial charge < -0.3 is 4.74 Å². The molecule has 3 nitrogen and oxygen atoms in total. The molecule has 1 aromatic carbocycles. The van der Waals surface area contributed by atoms with Gasteiger partial charge in [0.15, 0.2) is 0 Å². The van der Waals surface area contributed by atoms with E-state index >= 15 is 0 Å². The van der Waals surface area contributed by atoms with E-state index in [0.29, 0.717) is 21.1 Å². The molecule has 80 valence electrons. The van der Waals surface area contributed by atoms with Crippen LogP contribution in [0.5, 0.6) is 5.75 Å². The summed E-state index contributed by atoms with van der Waals surface area (Å²) in [6, 6.07) is 3.17. The second-order valence-electron chi connectivity index (χ2n) is 2.94. The van der Waals surface area contributed by atoms with Gasteiger partial charge in [-0.05, 0) is 22.0 Å². The van der Waals surface area contributed by atoms with E-state index in [9.17, 15) is 8.78 Å². The molecule has 6 heteroatoms. The Morgan fingerprint density at radius 3 is 2.80 bits per heavy atom. The van der Waals surface area contributed by atoms with Gasteiger partial charge in [-0.2, -0.15) is 5.10 Å². The molecule has 1 aromatic heterocycles. The fourth-order valence-corrected chi connectivity index (χ4v) is 1.86. The molecule has 0 aliphatic rings. The molecule has 0 atom stereocenters. The molecular weight excluding hydrogens is 270 g/mol. The number of ether oxygens (including phenoxy) is 1. The standard InChI is InChI=1S/C9H7BrF2N2O/c1-15-7-3-6-4(2-5(7)10)8(9(11)12)14-13-6/h2-3,9H,1H3,(H,13,14). The third kappa shape index (κ3) is 1.69. The topological polar surface area (TPSA) is 37.9 Å². The molecule has 0 saturated heterocycles. The molecule has 0 unspecified atom stereocenters. The Kier molecular flexibility index (Phi) is 2.60. The van der Waals surface area contributed by atoms with Crippen molar-refractivity contribution in [2.45, 2.75) is 6.43 Å².